The monoisotopic (exact) mass is 355 g/mol. The van der Waals surface area contributed by atoms with E-state index in [1.165, 1.54) is 7.11 Å². The lowest BCUT2D eigenvalue weighted by atomic mass is 9.93. The van der Waals surface area contributed by atoms with Crippen LogP contribution in [0.5, 0.6) is 0 Å². The Kier molecular flexibility index (Phi) is 6.78. The number of hydrogen-bond acceptors (Lipinski definition) is 5. The van der Waals surface area contributed by atoms with Crippen molar-refractivity contribution in [3.05, 3.63) is 64.7 Å². The van der Waals surface area contributed by atoms with Gasteiger partial charge in [0.15, 0.2) is 0 Å². The van der Waals surface area contributed by atoms with Crippen LogP contribution in [0.15, 0.2) is 42.5 Å². The van der Waals surface area contributed by atoms with Gasteiger partial charge in [-0.15, -0.1) is 0 Å². The maximum Gasteiger partial charge on any atom is 0.309 e. The van der Waals surface area contributed by atoms with Gasteiger partial charge in [0.25, 0.3) is 0 Å². The Bertz CT molecular complexity index is 748. The van der Waals surface area contributed by atoms with Crippen molar-refractivity contribution >= 4 is 17.6 Å². The van der Waals surface area contributed by atoms with Crippen molar-refractivity contribution in [1.29, 1.82) is 0 Å². The molecule has 0 unspecified atom stereocenters. The zero-order valence-corrected chi connectivity index (χ0v) is 15.5. The zero-order valence-electron chi connectivity index (χ0n) is 15.5. The van der Waals surface area contributed by atoms with Crippen molar-refractivity contribution in [2.24, 2.45) is 5.92 Å². The van der Waals surface area contributed by atoms with Crippen molar-refractivity contribution < 1.29 is 19.1 Å². The Morgan fingerprint density at radius 3 is 2.23 bits per heavy atom. The van der Waals surface area contributed by atoms with Gasteiger partial charge >= 0.3 is 11.9 Å². The van der Waals surface area contributed by atoms with E-state index in [2.05, 4.69) is 0 Å². The van der Waals surface area contributed by atoms with Gasteiger partial charge in [-0.2, -0.15) is 0 Å². The number of aryl methyl sites for hydroxylation is 2. The van der Waals surface area contributed by atoms with Gasteiger partial charge in [0.2, 0.25) is 0 Å². The molecule has 0 amide bonds. The summed E-state index contributed by atoms with van der Waals surface area (Å²) in [5.41, 5.74) is 10.5. The predicted octanol–water partition coefficient (Wildman–Crippen LogP) is 3.35. The molecule has 0 saturated heterocycles. The summed E-state index contributed by atoms with van der Waals surface area (Å²) in [6.45, 7) is 4.04. The largest absolute Gasteiger partial charge is 0.469 e. The lowest BCUT2D eigenvalue weighted by Gasteiger charge is -2.16. The van der Waals surface area contributed by atoms with Crippen molar-refractivity contribution in [3.63, 3.8) is 0 Å². The lowest BCUT2D eigenvalue weighted by molar-refractivity contribution is -0.154. The first kappa shape index (κ1) is 19.5. The van der Waals surface area contributed by atoms with Gasteiger partial charge in [-0.25, -0.2) is 0 Å². The summed E-state index contributed by atoms with van der Waals surface area (Å²) in [4.78, 5) is 24.3. The number of rotatable bonds is 7. The molecule has 26 heavy (non-hydrogen) atoms. The maximum absolute atomic E-state index is 12.2. The molecule has 0 spiro atoms. The molecule has 0 saturated carbocycles. The number of carbonyl (C=O) groups is 2. The molecule has 2 aromatic carbocycles. The third-order valence-corrected chi connectivity index (χ3v) is 4.33. The van der Waals surface area contributed by atoms with Gasteiger partial charge in [-0.1, -0.05) is 42.5 Å². The second kappa shape index (κ2) is 9.04. The average molecular weight is 355 g/mol. The van der Waals surface area contributed by atoms with E-state index in [9.17, 15) is 9.59 Å². The number of hydrogen-bond donors (Lipinski definition) is 1. The molecule has 1 atom stereocenters. The smallest absolute Gasteiger partial charge is 0.309 e. The predicted molar refractivity (Wildman–Crippen MR) is 100 cm³/mol. The molecule has 5 heteroatoms. The molecule has 0 aliphatic heterocycles. The van der Waals surface area contributed by atoms with Gasteiger partial charge in [0.05, 0.1) is 19.4 Å². The van der Waals surface area contributed by atoms with Crippen LogP contribution in [0.1, 0.15) is 28.7 Å². The summed E-state index contributed by atoms with van der Waals surface area (Å²) < 4.78 is 10.2. The molecular formula is C21H25NO4. The number of anilines is 1. The highest BCUT2D eigenvalue weighted by Gasteiger charge is 2.24. The maximum atomic E-state index is 12.2. The second-order valence-corrected chi connectivity index (χ2v) is 6.42. The molecular weight excluding hydrogens is 330 g/mol. The first-order valence-corrected chi connectivity index (χ1v) is 8.53. The van der Waals surface area contributed by atoms with Crippen LogP contribution in [-0.4, -0.2) is 19.0 Å². The minimum absolute atomic E-state index is 0.0258. The van der Waals surface area contributed by atoms with Gasteiger partial charge in [0, 0.05) is 5.69 Å². The molecule has 0 aromatic heterocycles. The van der Waals surface area contributed by atoms with Crippen LogP contribution < -0.4 is 5.73 Å². The van der Waals surface area contributed by atoms with Crippen LogP contribution in [0.2, 0.25) is 0 Å². The third kappa shape index (κ3) is 5.34. The normalized spacial score (nSPS) is 11.7. The first-order chi connectivity index (χ1) is 12.4. The highest BCUT2D eigenvalue weighted by atomic mass is 16.5. The molecule has 0 fully saturated rings. The minimum Gasteiger partial charge on any atom is -0.469 e. The Balaban J connectivity index is 2.03. The fourth-order valence-corrected chi connectivity index (χ4v) is 2.87. The van der Waals surface area contributed by atoms with E-state index in [4.69, 9.17) is 15.2 Å². The van der Waals surface area contributed by atoms with Crippen molar-refractivity contribution in [1.82, 2.24) is 0 Å². The number of benzene rings is 2. The minimum atomic E-state index is -0.592. The van der Waals surface area contributed by atoms with E-state index in [0.29, 0.717) is 6.42 Å². The fraction of sp³-hybridized carbons (Fsp3) is 0.333. The van der Waals surface area contributed by atoms with Crippen molar-refractivity contribution in [2.75, 3.05) is 12.8 Å². The molecule has 0 heterocycles. The van der Waals surface area contributed by atoms with E-state index in [-0.39, 0.29) is 13.0 Å². The number of methoxy groups -OCH3 is 1. The molecule has 0 radical (unpaired) electrons. The molecule has 2 rings (SSSR count). The molecule has 5 nitrogen and oxygen atoms in total. The summed E-state index contributed by atoms with van der Waals surface area (Å²) in [5, 5.41) is 0. The molecule has 2 N–H and O–H groups in total. The first-order valence-electron chi connectivity index (χ1n) is 8.53. The topological polar surface area (TPSA) is 78.6 Å². The Morgan fingerprint density at radius 1 is 1.04 bits per heavy atom. The molecule has 2 aromatic rings. The van der Waals surface area contributed by atoms with Crippen LogP contribution in [0.25, 0.3) is 0 Å². The van der Waals surface area contributed by atoms with Crippen LogP contribution >= 0.6 is 0 Å². The number of nitrogen functional groups attached to an aromatic ring is 1. The van der Waals surface area contributed by atoms with E-state index in [1.807, 2.05) is 56.3 Å². The molecule has 138 valence electrons. The van der Waals surface area contributed by atoms with E-state index in [0.717, 1.165) is 27.9 Å². The summed E-state index contributed by atoms with van der Waals surface area (Å²) in [7, 11) is 1.32. The second-order valence-electron chi connectivity index (χ2n) is 6.42. The SMILES string of the molecule is COC(=O)[C@H](CC(=O)OCc1ccccc1)Cc1cc(C)c(N)c(C)c1. The summed E-state index contributed by atoms with van der Waals surface area (Å²) in [6, 6.07) is 13.3. The zero-order chi connectivity index (χ0) is 19.1. The molecule has 0 bridgehead atoms. The van der Waals surface area contributed by atoms with Crippen LogP contribution in [0.4, 0.5) is 5.69 Å². The summed E-state index contributed by atoms with van der Waals surface area (Å²) in [5.74, 6) is -1.44. The highest BCUT2D eigenvalue weighted by Crippen LogP contribution is 2.22. The van der Waals surface area contributed by atoms with Crippen LogP contribution in [0.3, 0.4) is 0 Å². The van der Waals surface area contributed by atoms with Gasteiger partial charge in [-0.3, -0.25) is 9.59 Å². The standard InChI is InChI=1S/C21H25NO4/c1-14-9-17(10-15(2)20(14)22)11-18(21(24)25-3)12-19(23)26-13-16-7-5-4-6-8-16/h4-10,18H,11-13,22H2,1-3H3/t18-/m0/s1. The lowest BCUT2D eigenvalue weighted by Crippen LogP contribution is -2.23. The number of ether oxygens (including phenoxy) is 2. The van der Waals surface area contributed by atoms with Crippen LogP contribution in [-0.2, 0) is 32.1 Å². The van der Waals surface area contributed by atoms with Gasteiger partial charge < -0.3 is 15.2 Å². The highest BCUT2D eigenvalue weighted by molar-refractivity contribution is 5.80. The summed E-state index contributed by atoms with van der Waals surface area (Å²) in [6.07, 6.45) is 0.372. The Hall–Kier alpha value is -2.82. The molecule has 0 aliphatic carbocycles. The van der Waals surface area contributed by atoms with E-state index in [1.54, 1.807) is 0 Å². The summed E-state index contributed by atoms with van der Waals surface area (Å²) >= 11 is 0. The Labute approximate surface area is 154 Å². The molecule has 0 aliphatic rings. The Morgan fingerprint density at radius 2 is 1.65 bits per heavy atom. The van der Waals surface area contributed by atoms with Crippen LogP contribution in [0, 0.1) is 19.8 Å². The van der Waals surface area contributed by atoms with Gasteiger partial charge in [-0.05, 0) is 42.5 Å². The fourth-order valence-electron chi connectivity index (χ4n) is 2.87. The van der Waals surface area contributed by atoms with Crippen molar-refractivity contribution in [2.45, 2.75) is 33.3 Å². The third-order valence-electron chi connectivity index (χ3n) is 4.33. The number of carbonyl (C=O) groups excluding carboxylic acids is 2. The van der Waals surface area contributed by atoms with E-state index < -0.39 is 17.9 Å². The van der Waals surface area contributed by atoms with E-state index >= 15 is 0 Å². The quantitative estimate of drug-likeness (QED) is 0.609. The average Bonchev–Trinajstić information content (AvgIpc) is 2.64. The number of nitrogens with two attached hydrogens (primary N) is 1. The number of esters is 2. The van der Waals surface area contributed by atoms with Gasteiger partial charge in [0.1, 0.15) is 6.61 Å². The van der Waals surface area contributed by atoms with Crippen molar-refractivity contribution in [3.8, 4) is 0 Å².